The maximum atomic E-state index is 12.6. The van der Waals surface area contributed by atoms with Crippen LogP contribution in [0.5, 0.6) is 5.75 Å². The van der Waals surface area contributed by atoms with Gasteiger partial charge in [0, 0.05) is 23.7 Å². The fourth-order valence-electron chi connectivity index (χ4n) is 2.81. The van der Waals surface area contributed by atoms with Gasteiger partial charge >= 0.3 is 6.36 Å². The van der Waals surface area contributed by atoms with Gasteiger partial charge in [-0.1, -0.05) is 31.2 Å². The maximum Gasteiger partial charge on any atom is 0.573 e. The van der Waals surface area contributed by atoms with E-state index in [1.54, 1.807) is 5.38 Å². The first-order valence-corrected chi connectivity index (χ1v) is 10.5. The summed E-state index contributed by atoms with van der Waals surface area (Å²) in [5.41, 5.74) is 2.62. The third-order valence-corrected chi connectivity index (χ3v) is 5.32. The van der Waals surface area contributed by atoms with Gasteiger partial charge in [0.05, 0.1) is 6.54 Å². The molecule has 168 valence electrons. The average Bonchev–Trinajstić information content (AvgIpc) is 3.23. The molecule has 3 aromatic rings. The van der Waals surface area contributed by atoms with E-state index in [9.17, 15) is 22.8 Å². The van der Waals surface area contributed by atoms with E-state index in [1.807, 2.05) is 24.3 Å². The van der Waals surface area contributed by atoms with Gasteiger partial charge in [0.15, 0.2) is 0 Å². The summed E-state index contributed by atoms with van der Waals surface area (Å²) in [6.07, 6.45) is -3.86. The highest BCUT2D eigenvalue weighted by Gasteiger charge is 2.31. The van der Waals surface area contributed by atoms with Crippen LogP contribution in [0.2, 0.25) is 0 Å². The number of likely N-dealkylation sites (N-methyl/N-ethyl adjacent to an activating group) is 1. The van der Waals surface area contributed by atoms with Crippen molar-refractivity contribution in [1.82, 2.24) is 9.88 Å². The molecule has 10 heteroatoms. The van der Waals surface area contributed by atoms with Crippen LogP contribution in [0.15, 0.2) is 53.9 Å². The van der Waals surface area contributed by atoms with E-state index >= 15 is 0 Å². The van der Waals surface area contributed by atoms with E-state index in [-0.39, 0.29) is 17.9 Å². The summed E-state index contributed by atoms with van der Waals surface area (Å²) in [6, 6.07) is 12.6. The summed E-state index contributed by atoms with van der Waals surface area (Å²) in [4.78, 5) is 30.4. The van der Waals surface area contributed by atoms with Gasteiger partial charge in [-0.2, -0.15) is 0 Å². The minimum atomic E-state index is -4.79. The van der Waals surface area contributed by atoms with Crippen LogP contribution in [-0.4, -0.2) is 41.7 Å². The summed E-state index contributed by atoms with van der Waals surface area (Å²) < 4.78 is 40.4. The maximum absolute atomic E-state index is 12.6. The van der Waals surface area contributed by atoms with Crippen LogP contribution in [0.3, 0.4) is 0 Å². The van der Waals surface area contributed by atoms with Gasteiger partial charge in [0.2, 0.25) is 5.91 Å². The van der Waals surface area contributed by atoms with Gasteiger partial charge < -0.3 is 15.0 Å². The van der Waals surface area contributed by atoms with Crippen LogP contribution in [0, 0.1) is 0 Å². The average molecular weight is 463 g/mol. The number of anilines is 1. The number of aryl methyl sites for hydroxylation is 1. The fraction of sp³-hybridized carbons (Fsp3) is 0.227. The number of carbonyl (C=O) groups is 2. The summed E-state index contributed by atoms with van der Waals surface area (Å²) in [5.74, 6) is -1.32. The molecule has 2 amide bonds. The largest absolute Gasteiger partial charge is 0.573 e. The van der Waals surface area contributed by atoms with Crippen molar-refractivity contribution in [3.63, 3.8) is 0 Å². The lowest BCUT2D eigenvalue weighted by atomic mass is 10.1. The standard InChI is InChI=1S/C22H20F3N3O3S/c1-3-14-4-6-15(7-5-14)20-27-18(13-32-20)21(30)28(2)12-19(29)26-16-8-10-17(11-9-16)31-22(23,24)25/h4-11,13H,3,12H2,1-2H3,(H,26,29). The Balaban J connectivity index is 1.57. The number of halogens is 3. The van der Waals surface area contributed by atoms with Crippen LogP contribution >= 0.6 is 11.3 Å². The predicted octanol–water partition coefficient (Wildman–Crippen LogP) is 4.98. The summed E-state index contributed by atoms with van der Waals surface area (Å²) >= 11 is 1.34. The Morgan fingerprint density at radius 2 is 1.75 bits per heavy atom. The molecule has 0 aliphatic carbocycles. The lowest BCUT2D eigenvalue weighted by molar-refractivity contribution is -0.274. The molecule has 0 unspecified atom stereocenters. The monoisotopic (exact) mass is 463 g/mol. The molecule has 0 aliphatic rings. The molecule has 1 N–H and O–H groups in total. The van der Waals surface area contributed by atoms with E-state index in [4.69, 9.17) is 0 Å². The Morgan fingerprint density at radius 3 is 2.34 bits per heavy atom. The van der Waals surface area contributed by atoms with Crippen LogP contribution < -0.4 is 10.1 Å². The molecule has 0 aliphatic heterocycles. The molecule has 1 aromatic heterocycles. The van der Waals surface area contributed by atoms with Crippen LogP contribution in [0.25, 0.3) is 10.6 Å². The summed E-state index contributed by atoms with van der Waals surface area (Å²) in [5, 5.41) is 4.87. The molecule has 0 spiro atoms. The van der Waals surface area contributed by atoms with Gasteiger partial charge in [-0.15, -0.1) is 24.5 Å². The topological polar surface area (TPSA) is 71.5 Å². The van der Waals surface area contributed by atoms with E-state index in [0.29, 0.717) is 5.01 Å². The third kappa shape index (κ3) is 6.30. The number of hydrogen-bond donors (Lipinski definition) is 1. The van der Waals surface area contributed by atoms with Crippen molar-refractivity contribution in [2.24, 2.45) is 0 Å². The Kier molecular flexibility index (Phi) is 7.14. The number of aromatic nitrogens is 1. The first-order chi connectivity index (χ1) is 15.1. The van der Waals surface area contributed by atoms with Crippen molar-refractivity contribution >= 4 is 28.8 Å². The second kappa shape index (κ2) is 9.82. The first kappa shape index (κ1) is 23.3. The number of carbonyl (C=O) groups excluding carboxylic acids is 2. The molecular formula is C22H20F3N3O3S. The van der Waals surface area contributed by atoms with Crippen LogP contribution in [0.1, 0.15) is 23.0 Å². The minimum Gasteiger partial charge on any atom is -0.406 e. The van der Waals surface area contributed by atoms with Gasteiger partial charge in [0.1, 0.15) is 16.5 Å². The molecule has 0 radical (unpaired) electrons. The second-order valence-corrected chi connectivity index (χ2v) is 7.73. The smallest absolute Gasteiger partial charge is 0.406 e. The molecular weight excluding hydrogens is 443 g/mol. The molecule has 0 atom stereocenters. The minimum absolute atomic E-state index is 0.230. The zero-order valence-electron chi connectivity index (χ0n) is 17.3. The van der Waals surface area contributed by atoms with Crippen molar-refractivity contribution in [1.29, 1.82) is 0 Å². The quantitative estimate of drug-likeness (QED) is 0.536. The van der Waals surface area contributed by atoms with Crippen LogP contribution in [0.4, 0.5) is 18.9 Å². The molecule has 0 bridgehead atoms. The highest BCUT2D eigenvalue weighted by atomic mass is 32.1. The van der Waals surface area contributed by atoms with E-state index < -0.39 is 23.9 Å². The number of benzene rings is 2. The molecule has 0 saturated heterocycles. The van der Waals surface area contributed by atoms with Gasteiger partial charge in [0.25, 0.3) is 5.91 Å². The first-order valence-electron chi connectivity index (χ1n) is 9.60. The van der Waals surface area contributed by atoms with E-state index in [0.717, 1.165) is 24.1 Å². The highest BCUT2D eigenvalue weighted by Crippen LogP contribution is 2.25. The van der Waals surface area contributed by atoms with Gasteiger partial charge in [-0.3, -0.25) is 9.59 Å². The van der Waals surface area contributed by atoms with Crippen molar-refractivity contribution in [3.05, 3.63) is 65.2 Å². The number of hydrogen-bond acceptors (Lipinski definition) is 5. The highest BCUT2D eigenvalue weighted by molar-refractivity contribution is 7.13. The van der Waals surface area contributed by atoms with Crippen molar-refractivity contribution in [2.45, 2.75) is 19.7 Å². The fourth-order valence-corrected chi connectivity index (χ4v) is 3.61. The Morgan fingerprint density at radius 1 is 1.09 bits per heavy atom. The zero-order valence-corrected chi connectivity index (χ0v) is 18.1. The molecule has 0 fully saturated rings. The number of amides is 2. The predicted molar refractivity (Wildman–Crippen MR) is 116 cm³/mol. The number of rotatable bonds is 7. The SMILES string of the molecule is CCc1ccc(-c2nc(C(=O)N(C)CC(=O)Nc3ccc(OC(F)(F)F)cc3)cs2)cc1. The zero-order chi connectivity index (χ0) is 23.3. The molecule has 0 saturated carbocycles. The van der Waals surface area contributed by atoms with Crippen molar-refractivity contribution < 1.29 is 27.5 Å². The number of alkyl halides is 3. The Bertz CT molecular complexity index is 1080. The van der Waals surface area contributed by atoms with Gasteiger partial charge in [-0.05, 0) is 36.2 Å². The Labute approximate surface area is 186 Å². The van der Waals surface area contributed by atoms with E-state index in [2.05, 4.69) is 22.0 Å². The lowest BCUT2D eigenvalue weighted by Gasteiger charge is -2.16. The number of ether oxygens (including phenoxy) is 1. The van der Waals surface area contributed by atoms with Crippen LogP contribution in [-0.2, 0) is 11.2 Å². The number of nitrogens with one attached hydrogen (secondary N) is 1. The van der Waals surface area contributed by atoms with E-state index in [1.165, 1.54) is 41.0 Å². The lowest BCUT2D eigenvalue weighted by Crippen LogP contribution is -2.35. The molecule has 1 heterocycles. The number of thiazole rings is 1. The summed E-state index contributed by atoms with van der Waals surface area (Å²) in [7, 11) is 1.47. The molecule has 6 nitrogen and oxygen atoms in total. The second-order valence-electron chi connectivity index (χ2n) is 6.87. The normalized spacial score (nSPS) is 11.2. The molecule has 3 rings (SSSR count). The third-order valence-electron chi connectivity index (χ3n) is 4.43. The molecule has 2 aromatic carbocycles. The number of nitrogens with zero attached hydrogens (tertiary/aromatic N) is 2. The summed E-state index contributed by atoms with van der Waals surface area (Å²) in [6.45, 7) is 1.82. The van der Waals surface area contributed by atoms with Crippen molar-refractivity contribution in [3.8, 4) is 16.3 Å². The van der Waals surface area contributed by atoms with Crippen molar-refractivity contribution in [2.75, 3.05) is 18.9 Å². The molecule has 32 heavy (non-hydrogen) atoms. The Hall–Kier alpha value is -3.40. The van der Waals surface area contributed by atoms with Gasteiger partial charge in [-0.25, -0.2) is 4.98 Å².